The molecule has 0 bridgehead atoms. The monoisotopic (exact) mass is 246 g/mol. The Bertz CT molecular complexity index is 473. The van der Waals surface area contributed by atoms with E-state index in [0.717, 1.165) is 18.7 Å². The highest BCUT2D eigenvalue weighted by atomic mass is 32.1. The molecule has 0 spiro atoms. The predicted molar refractivity (Wildman–Crippen MR) is 76.7 cm³/mol. The maximum Gasteiger partial charge on any atom is 0.0519 e. The van der Waals surface area contributed by atoms with Gasteiger partial charge >= 0.3 is 0 Å². The molecule has 2 rings (SSSR count). The van der Waals surface area contributed by atoms with Gasteiger partial charge in [-0.2, -0.15) is 0 Å². The van der Waals surface area contributed by atoms with E-state index in [2.05, 4.69) is 43.1 Å². The molecule has 0 unspecified atom stereocenters. The molecule has 0 aliphatic rings. The summed E-state index contributed by atoms with van der Waals surface area (Å²) < 4.78 is 0. The molecule has 3 heteroatoms. The summed E-state index contributed by atoms with van der Waals surface area (Å²) in [7, 11) is 2.11. The van der Waals surface area contributed by atoms with Crippen LogP contribution in [-0.2, 0) is 13.0 Å². The first-order chi connectivity index (χ1) is 8.19. The van der Waals surface area contributed by atoms with Crippen LogP contribution in [0.15, 0.2) is 36.4 Å². The van der Waals surface area contributed by atoms with Crippen molar-refractivity contribution >= 4 is 22.7 Å². The van der Waals surface area contributed by atoms with E-state index in [4.69, 9.17) is 5.73 Å². The molecule has 0 saturated carbocycles. The lowest BCUT2D eigenvalue weighted by Crippen LogP contribution is -2.15. The Morgan fingerprint density at radius 1 is 1.06 bits per heavy atom. The summed E-state index contributed by atoms with van der Waals surface area (Å²) in [6, 6.07) is 12.4. The molecule has 0 fully saturated rings. The van der Waals surface area contributed by atoms with Crippen LogP contribution in [0.1, 0.15) is 16.7 Å². The number of thiophene rings is 1. The number of nitrogen functional groups attached to an aromatic ring is 1. The molecule has 17 heavy (non-hydrogen) atoms. The Hall–Kier alpha value is -1.48. The van der Waals surface area contributed by atoms with Gasteiger partial charge in [-0.05, 0) is 42.8 Å². The van der Waals surface area contributed by atoms with Crippen molar-refractivity contribution in [2.24, 2.45) is 0 Å². The van der Waals surface area contributed by atoms with Crippen LogP contribution in [0.3, 0.4) is 0 Å². The average Bonchev–Trinajstić information content (AvgIpc) is 2.77. The second kappa shape index (κ2) is 5.23. The van der Waals surface area contributed by atoms with Crippen molar-refractivity contribution < 1.29 is 0 Å². The number of nitrogens with zero attached hydrogens (tertiary/aromatic N) is 1. The molecular weight excluding hydrogens is 228 g/mol. The summed E-state index contributed by atoms with van der Waals surface area (Å²) in [5.74, 6) is 0. The van der Waals surface area contributed by atoms with Gasteiger partial charge < -0.3 is 10.6 Å². The van der Waals surface area contributed by atoms with Crippen molar-refractivity contribution in [2.75, 3.05) is 17.7 Å². The summed E-state index contributed by atoms with van der Waals surface area (Å²) in [6.07, 6.45) is 1.12. The van der Waals surface area contributed by atoms with Crippen LogP contribution in [0.25, 0.3) is 0 Å². The molecule has 1 heterocycles. The molecule has 2 aromatic rings. The van der Waals surface area contributed by atoms with Crippen LogP contribution in [0, 0.1) is 0 Å². The standard InChI is InChI=1S/C14H18N2S/c1-3-13-8-9-14(17-13)10-16(2)12-6-4-11(15)5-7-12/h4-9H,3,10,15H2,1-2H3. The Balaban J connectivity index is 2.05. The molecular formula is C14H18N2S. The molecule has 0 saturated heterocycles. The SMILES string of the molecule is CCc1ccc(CN(C)c2ccc(N)cc2)s1. The van der Waals surface area contributed by atoms with Crippen molar-refractivity contribution in [3.05, 3.63) is 46.2 Å². The molecule has 1 aromatic carbocycles. The van der Waals surface area contributed by atoms with E-state index in [1.807, 2.05) is 23.5 Å². The summed E-state index contributed by atoms with van der Waals surface area (Å²) in [5.41, 5.74) is 7.70. The van der Waals surface area contributed by atoms with Gasteiger partial charge in [0, 0.05) is 28.2 Å². The molecule has 2 nitrogen and oxygen atoms in total. The number of aryl methyl sites for hydroxylation is 1. The quantitative estimate of drug-likeness (QED) is 0.836. The number of hydrogen-bond donors (Lipinski definition) is 1. The van der Waals surface area contributed by atoms with Crippen LogP contribution >= 0.6 is 11.3 Å². The zero-order valence-electron chi connectivity index (χ0n) is 10.3. The highest BCUT2D eigenvalue weighted by Crippen LogP contribution is 2.22. The topological polar surface area (TPSA) is 29.3 Å². The summed E-state index contributed by atoms with van der Waals surface area (Å²) in [5, 5.41) is 0. The van der Waals surface area contributed by atoms with Crippen LogP contribution in [0.5, 0.6) is 0 Å². The van der Waals surface area contributed by atoms with Crippen LogP contribution < -0.4 is 10.6 Å². The molecule has 0 radical (unpaired) electrons. The van der Waals surface area contributed by atoms with Gasteiger partial charge in [-0.3, -0.25) is 0 Å². The largest absolute Gasteiger partial charge is 0.399 e. The van der Waals surface area contributed by atoms with E-state index in [-0.39, 0.29) is 0 Å². The number of benzene rings is 1. The van der Waals surface area contributed by atoms with E-state index in [1.165, 1.54) is 15.4 Å². The Kier molecular flexibility index (Phi) is 3.69. The molecule has 0 aliphatic carbocycles. The fourth-order valence-electron chi connectivity index (χ4n) is 1.75. The molecule has 90 valence electrons. The fraction of sp³-hybridized carbons (Fsp3) is 0.286. The fourth-order valence-corrected chi connectivity index (χ4v) is 2.76. The van der Waals surface area contributed by atoms with Gasteiger partial charge in [-0.25, -0.2) is 0 Å². The summed E-state index contributed by atoms with van der Waals surface area (Å²) in [6.45, 7) is 3.15. The van der Waals surface area contributed by atoms with Crippen LogP contribution in [-0.4, -0.2) is 7.05 Å². The second-order valence-corrected chi connectivity index (χ2v) is 5.42. The third kappa shape index (κ3) is 3.01. The minimum atomic E-state index is 0.812. The van der Waals surface area contributed by atoms with Gasteiger partial charge in [0.05, 0.1) is 6.54 Å². The van der Waals surface area contributed by atoms with E-state index in [0.29, 0.717) is 0 Å². The minimum Gasteiger partial charge on any atom is -0.399 e. The van der Waals surface area contributed by atoms with Gasteiger partial charge in [-0.1, -0.05) is 6.92 Å². The van der Waals surface area contributed by atoms with Crippen molar-refractivity contribution in [2.45, 2.75) is 19.9 Å². The van der Waals surface area contributed by atoms with E-state index in [9.17, 15) is 0 Å². The van der Waals surface area contributed by atoms with Gasteiger partial charge in [0.25, 0.3) is 0 Å². The summed E-state index contributed by atoms with van der Waals surface area (Å²) in [4.78, 5) is 5.09. The van der Waals surface area contributed by atoms with Gasteiger partial charge in [-0.15, -0.1) is 11.3 Å². The summed E-state index contributed by atoms with van der Waals surface area (Å²) >= 11 is 1.89. The lowest BCUT2D eigenvalue weighted by molar-refractivity contribution is 0.941. The Morgan fingerprint density at radius 3 is 2.29 bits per heavy atom. The third-order valence-corrected chi connectivity index (χ3v) is 4.01. The van der Waals surface area contributed by atoms with Gasteiger partial charge in [0.15, 0.2) is 0 Å². The minimum absolute atomic E-state index is 0.812. The normalized spacial score (nSPS) is 10.5. The molecule has 0 atom stereocenters. The first kappa shape index (κ1) is 12.0. The van der Waals surface area contributed by atoms with Crippen molar-refractivity contribution in [3.63, 3.8) is 0 Å². The zero-order valence-corrected chi connectivity index (χ0v) is 11.1. The van der Waals surface area contributed by atoms with Crippen molar-refractivity contribution in [3.8, 4) is 0 Å². The van der Waals surface area contributed by atoms with E-state index in [1.54, 1.807) is 0 Å². The van der Waals surface area contributed by atoms with E-state index < -0.39 is 0 Å². The van der Waals surface area contributed by atoms with Crippen molar-refractivity contribution in [1.82, 2.24) is 0 Å². The molecule has 1 aromatic heterocycles. The second-order valence-electron chi connectivity index (χ2n) is 4.17. The predicted octanol–water partition coefficient (Wildman–Crippen LogP) is 3.53. The number of nitrogens with two attached hydrogens (primary N) is 1. The first-order valence-electron chi connectivity index (χ1n) is 5.83. The maximum atomic E-state index is 5.68. The number of hydrogen-bond acceptors (Lipinski definition) is 3. The zero-order chi connectivity index (χ0) is 12.3. The highest BCUT2D eigenvalue weighted by Gasteiger charge is 2.04. The smallest absolute Gasteiger partial charge is 0.0519 e. The van der Waals surface area contributed by atoms with Gasteiger partial charge in [0.2, 0.25) is 0 Å². The van der Waals surface area contributed by atoms with Crippen molar-refractivity contribution in [1.29, 1.82) is 0 Å². The average molecular weight is 246 g/mol. The maximum absolute atomic E-state index is 5.68. The first-order valence-corrected chi connectivity index (χ1v) is 6.65. The van der Waals surface area contributed by atoms with E-state index >= 15 is 0 Å². The van der Waals surface area contributed by atoms with Crippen LogP contribution in [0.2, 0.25) is 0 Å². The highest BCUT2D eigenvalue weighted by molar-refractivity contribution is 7.12. The lowest BCUT2D eigenvalue weighted by Gasteiger charge is -2.18. The number of rotatable bonds is 4. The third-order valence-electron chi connectivity index (χ3n) is 2.79. The number of anilines is 2. The molecule has 0 amide bonds. The van der Waals surface area contributed by atoms with Crippen LogP contribution in [0.4, 0.5) is 11.4 Å². The Labute approximate surface area is 107 Å². The molecule has 2 N–H and O–H groups in total. The van der Waals surface area contributed by atoms with Gasteiger partial charge in [0.1, 0.15) is 0 Å². The lowest BCUT2D eigenvalue weighted by atomic mass is 10.2. The Morgan fingerprint density at radius 2 is 1.71 bits per heavy atom. The molecule has 0 aliphatic heterocycles.